The maximum absolute atomic E-state index is 4.36. The van der Waals surface area contributed by atoms with Gasteiger partial charge in [-0.25, -0.2) is 0 Å². The predicted octanol–water partition coefficient (Wildman–Crippen LogP) is 2.54. The van der Waals surface area contributed by atoms with E-state index < -0.39 is 0 Å². The summed E-state index contributed by atoms with van der Waals surface area (Å²) in [5, 5.41) is 0. The minimum absolute atomic E-state index is 1.16. The largest absolute Gasteiger partial charge is 0.263 e. The lowest BCUT2D eigenvalue weighted by molar-refractivity contribution is 0.934. The molecule has 1 aliphatic rings. The van der Waals surface area contributed by atoms with Gasteiger partial charge in [-0.15, -0.1) is 0 Å². The highest BCUT2D eigenvalue weighted by Crippen LogP contribution is 2.17. The van der Waals surface area contributed by atoms with Crippen LogP contribution in [0.25, 0.3) is 0 Å². The second kappa shape index (κ2) is 2.34. The van der Waals surface area contributed by atoms with Crippen molar-refractivity contribution in [3.63, 3.8) is 0 Å². The van der Waals surface area contributed by atoms with Crippen molar-refractivity contribution in [1.29, 1.82) is 0 Å². The fraction of sp³-hybridized carbons (Fsp3) is 0.625. The summed E-state index contributed by atoms with van der Waals surface area (Å²) >= 11 is 0. The Labute approximate surface area is 56.5 Å². The summed E-state index contributed by atoms with van der Waals surface area (Å²) in [6.07, 6.45) is 2.37. The fourth-order valence-electron chi connectivity index (χ4n) is 0.987. The van der Waals surface area contributed by atoms with Crippen molar-refractivity contribution in [3.8, 4) is 0 Å². The fourth-order valence-corrected chi connectivity index (χ4v) is 0.987. The van der Waals surface area contributed by atoms with Gasteiger partial charge < -0.3 is 0 Å². The van der Waals surface area contributed by atoms with Gasteiger partial charge in [-0.3, -0.25) is 4.99 Å². The third-order valence-electron chi connectivity index (χ3n) is 1.84. The van der Waals surface area contributed by atoms with Crippen molar-refractivity contribution < 1.29 is 0 Å². The molecule has 9 heavy (non-hydrogen) atoms. The Morgan fingerprint density at radius 1 is 1.11 bits per heavy atom. The van der Waals surface area contributed by atoms with Crippen LogP contribution in [0.2, 0.25) is 0 Å². The number of nitrogens with zero attached hydrogens (tertiary/aromatic N) is 1. The van der Waals surface area contributed by atoms with Crippen molar-refractivity contribution in [2.75, 3.05) is 0 Å². The summed E-state index contributed by atoms with van der Waals surface area (Å²) in [6, 6.07) is 0. The van der Waals surface area contributed by atoms with E-state index in [-0.39, 0.29) is 0 Å². The zero-order valence-electron chi connectivity index (χ0n) is 6.36. The Bertz CT molecular complexity index is 175. The van der Waals surface area contributed by atoms with Crippen molar-refractivity contribution in [1.82, 2.24) is 0 Å². The molecule has 0 aromatic heterocycles. The van der Waals surface area contributed by atoms with Gasteiger partial charge in [0.15, 0.2) is 0 Å². The number of hydrogen-bond acceptors (Lipinski definition) is 1. The van der Waals surface area contributed by atoms with Crippen LogP contribution in [0, 0.1) is 0 Å². The normalized spacial score (nSPS) is 20.1. The molecule has 0 bridgehead atoms. The SMILES string of the molecule is CC1=NC(C)=C(C)CC1. The first-order valence-corrected chi connectivity index (χ1v) is 3.40. The van der Waals surface area contributed by atoms with Crippen molar-refractivity contribution in [3.05, 3.63) is 11.3 Å². The molecule has 0 saturated carbocycles. The van der Waals surface area contributed by atoms with Crippen LogP contribution in [0.4, 0.5) is 0 Å². The summed E-state index contributed by atoms with van der Waals surface area (Å²) < 4.78 is 0. The lowest BCUT2D eigenvalue weighted by atomic mass is 10.1. The molecule has 0 N–H and O–H groups in total. The molecule has 50 valence electrons. The number of aliphatic imine (C=N–C) groups is 1. The van der Waals surface area contributed by atoms with Gasteiger partial charge in [0.05, 0.1) is 0 Å². The lowest BCUT2D eigenvalue weighted by Gasteiger charge is -2.10. The van der Waals surface area contributed by atoms with E-state index >= 15 is 0 Å². The number of allylic oxidation sites excluding steroid dienone is 2. The van der Waals surface area contributed by atoms with Crippen LogP contribution < -0.4 is 0 Å². The second-order valence-electron chi connectivity index (χ2n) is 2.71. The van der Waals surface area contributed by atoms with Crippen LogP contribution in [-0.4, -0.2) is 5.71 Å². The van der Waals surface area contributed by atoms with E-state index in [2.05, 4.69) is 25.8 Å². The summed E-state index contributed by atoms with van der Waals surface area (Å²) in [4.78, 5) is 4.36. The molecule has 0 fully saturated rings. The molecule has 0 aliphatic carbocycles. The lowest BCUT2D eigenvalue weighted by Crippen LogP contribution is -1.99. The van der Waals surface area contributed by atoms with E-state index in [4.69, 9.17) is 0 Å². The standard InChI is InChI=1S/C8H13N/c1-6-4-5-7(2)9-8(6)3/h4-5H2,1-3H3. The van der Waals surface area contributed by atoms with Gasteiger partial charge in [0, 0.05) is 11.4 Å². The highest BCUT2D eigenvalue weighted by Gasteiger charge is 2.03. The molecular weight excluding hydrogens is 110 g/mol. The maximum atomic E-state index is 4.36. The molecule has 1 heterocycles. The van der Waals surface area contributed by atoms with Gasteiger partial charge in [0.1, 0.15) is 0 Å². The first kappa shape index (κ1) is 6.53. The highest BCUT2D eigenvalue weighted by molar-refractivity contribution is 5.84. The van der Waals surface area contributed by atoms with E-state index in [9.17, 15) is 0 Å². The Morgan fingerprint density at radius 3 is 2.22 bits per heavy atom. The molecule has 0 radical (unpaired) electrons. The van der Waals surface area contributed by atoms with Crippen molar-refractivity contribution >= 4 is 5.71 Å². The summed E-state index contributed by atoms with van der Waals surface area (Å²) in [7, 11) is 0. The summed E-state index contributed by atoms with van der Waals surface area (Å²) in [5.74, 6) is 0. The third kappa shape index (κ3) is 1.41. The molecule has 0 unspecified atom stereocenters. The van der Waals surface area contributed by atoms with Gasteiger partial charge in [-0.1, -0.05) is 5.57 Å². The van der Waals surface area contributed by atoms with E-state index in [1.54, 1.807) is 0 Å². The van der Waals surface area contributed by atoms with Gasteiger partial charge >= 0.3 is 0 Å². The zero-order valence-corrected chi connectivity index (χ0v) is 6.36. The number of hydrogen-bond donors (Lipinski definition) is 0. The van der Waals surface area contributed by atoms with E-state index in [1.165, 1.54) is 23.4 Å². The molecule has 0 aromatic rings. The molecule has 1 nitrogen and oxygen atoms in total. The molecule has 1 rings (SSSR count). The van der Waals surface area contributed by atoms with E-state index in [0.29, 0.717) is 0 Å². The Morgan fingerprint density at radius 2 is 1.78 bits per heavy atom. The minimum atomic E-state index is 1.16. The quantitative estimate of drug-likeness (QED) is 0.469. The molecule has 0 saturated heterocycles. The average Bonchev–Trinajstić information content (AvgIpc) is 1.80. The minimum Gasteiger partial charge on any atom is -0.263 e. The van der Waals surface area contributed by atoms with Crippen LogP contribution in [0.3, 0.4) is 0 Å². The second-order valence-corrected chi connectivity index (χ2v) is 2.71. The molecule has 0 amide bonds. The van der Waals surface area contributed by atoms with Crippen LogP contribution in [0.15, 0.2) is 16.3 Å². The Balaban J connectivity index is 2.83. The van der Waals surface area contributed by atoms with E-state index in [1.807, 2.05) is 0 Å². The van der Waals surface area contributed by atoms with Crippen molar-refractivity contribution in [2.24, 2.45) is 4.99 Å². The smallest absolute Gasteiger partial charge is 0.0361 e. The summed E-state index contributed by atoms with van der Waals surface area (Å²) in [6.45, 7) is 6.33. The average molecular weight is 123 g/mol. The Kier molecular flexibility index (Phi) is 1.70. The monoisotopic (exact) mass is 123 g/mol. The summed E-state index contributed by atoms with van der Waals surface area (Å²) in [5.41, 5.74) is 3.94. The molecule has 0 spiro atoms. The third-order valence-corrected chi connectivity index (χ3v) is 1.84. The van der Waals surface area contributed by atoms with Crippen LogP contribution in [0.1, 0.15) is 33.6 Å². The van der Waals surface area contributed by atoms with E-state index in [0.717, 1.165) is 6.42 Å². The van der Waals surface area contributed by atoms with Crippen molar-refractivity contribution in [2.45, 2.75) is 33.6 Å². The maximum Gasteiger partial charge on any atom is 0.0361 e. The number of rotatable bonds is 0. The molecule has 1 aliphatic heterocycles. The predicted molar refractivity (Wildman–Crippen MR) is 40.7 cm³/mol. The zero-order chi connectivity index (χ0) is 6.85. The molecular formula is C8H13N. The molecule has 0 atom stereocenters. The first-order valence-electron chi connectivity index (χ1n) is 3.40. The van der Waals surface area contributed by atoms with Gasteiger partial charge in [-0.2, -0.15) is 0 Å². The van der Waals surface area contributed by atoms with Crippen LogP contribution in [-0.2, 0) is 0 Å². The van der Waals surface area contributed by atoms with Gasteiger partial charge in [-0.05, 0) is 33.6 Å². The van der Waals surface area contributed by atoms with Gasteiger partial charge in [0.2, 0.25) is 0 Å². The molecule has 1 heteroatoms. The first-order chi connectivity index (χ1) is 4.20. The topological polar surface area (TPSA) is 12.4 Å². The molecule has 0 aromatic carbocycles. The van der Waals surface area contributed by atoms with Gasteiger partial charge in [0.25, 0.3) is 0 Å². The highest BCUT2D eigenvalue weighted by atomic mass is 14.8. The van der Waals surface area contributed by atoms with Crippen LogP contribution in [0.5, 0.6) is 0 Å². The Hall–Kier alpha value is -0.590. The van der Waals surface area contributed by atoms with Crippen LogP contribution >= 0.6 is 0 Å².